The highest BCUT2D eigenvalue weighted by Crippen LogP contribution is 2.40. The third-order valence-corrected chi connectivity index (χ3v) is 4.93. The zero-order valence-corrected chi connectivity index (χ0v) is 13.8. The fraction of sp³-hybridized carbons (Fsp3) is 0.444. The smallest absolute Gasteiger partial charge is 0.225 e. The Morgan fingerprint density at radius 2 is 1.83 bits per heavy atom. The number of rotatable bonds is 2. The normalized spacial score (nSPS) is 28.0. The van der Waals surface area contributed by atoms with Crippen LogP contribution in [0.2, 0.25) is 0 Å². The number of hydrogen-bond acceptors (Lipinski definition) is 5. The lowest BCUT2D eigenvalue weighted by Crippen LogP contribution is -2.61. The van der Waals surface area contributed by atoms with Crippen LogP contribution in [0.15, 0.2) is 36.5 Å². The van der Waals surface area contributed by atoms with Gasteiger partial charge >= 0.3 is 0 Å². The lowest BCUT2D eigenvalue weighted by molar-refractivity contribution is -0.156. The molecule has 0 unspecified atom stereocenters. The number of aliphatic hydroxyl groups is 2. The van der Waals surface area contributed by atoms with Crippen molar-refractivity contribution in [3.05, 3.63) is 53.3 Å². The molecule has 5 heteroatoms. The van der Waals surface area contributed by atoms with Gasteiger partial charge in [0.2, 0.25) is 5.95 Å². The summed E-state index contributed by atoms with van der Waals surface area (Å²) < 4.78 is 0. The van der Waals surface area contributed by atoms with Gasteiger partial charge in [-0.15, -0.1) is 0 Å². The molecule has 1 fully saturated rings. The number of aromatic nitrogens is 2. The molecule has 2 N–H and O–H groups in total. The Morgan fingerprint density at radius 1 is 1.13 bits per heavy atom. The summed E-state index contributed by atoms with van der Waals surface area (Å²) in [6, 6.07) is 9.33. The topological polar surface area (TPSA) is 69.5 Å². The van der Waals surface area contributed by atoms with Crippen molar-refractivity contribution in [2.75, 3.05) is 18.0 Å². The number of nitrogens with zero attached hydrogens (tertiary/aromatic N) is 3. The van der Waals surface area contributed by atoms with Gasteiger partial charge in [-0.1, -0.05) is 30.3 Å². The van der Waals surface area contributed by atoms with Gasteiger partial charge in [-0.25, -0.2) is 9.97 Å². The highest BCUT2D eigenvalue weighted by atomic mass is 16.4. The van der Waals surface area contributed by atoms with Crippen molar-refractivity contribution in [3.63, 3.8) is 0 Å². The lowest BCUT2D eigenvalue weighted by Gasteiger charge is -2.49. The van der Waals surface area contributed by atoms with Gasteiger partial charge in [0.1, 0.15) is 5.60 Å². The molecule has 0 radical (unpaired) electrons. The molecular formula is C18H23N3O2. The standard InChI is InChI=1S/C18H23N3O2/c1-13-11-19-16(20-14(13)2)21-10-9-17(3,22)18(23,12-21)15-7-5-4-6-8-15/h4-8,11,22-23H,9-10,12H2,1-3H3/t17-,18-/m1/s1. The number of hydrogen-bond donors (Lipinski definition) is 2. The fourth-order valence-corrected chi connectivity index (χ4v) is 3.04. The third-order valence-electron chi connectivity index (χ3n) is 4.93. The first-order valence-corrected chi connectivity index (χ1v) is 7.89. The average Bonchev–Trinajstić information content (AvgIpc) is 2.54. The van der Waals surface area contributed by atoms with Crippen LogP contribution in [-0.4, -0.2) is 38.9 Å². The molecule has 2 atom stereocenters. The maximum Gasteiger partial charge on any atom is 0.225 e. The zero-order chi connectivity index (χ0) is 16.7. The van der Waals surface area contributed by atoms with Gasteiger partial charge in [-0.3, -0.25) is 0 Å². The molecule has 1 aliphatic rings. The van der Waals surface area contributed by atoms with E-state index in [-0.39, 0.29) is 6.54 Å². The van der Waals surface area contributed by atoms with E-state index in [2.05, 4.69) is 9.97 Å². The SMILES string of the molecule is Cc1cnc(N2CC[C@@](C)(O)[C@](O)(c3ccccc3)C2)nc1C. The molecule has 23 heavy (non-hydrogen) atoms. The van der Waals surface area contributed by atoms with E-state index in [1.165, 1.54) is 0 Å². The Hall–Kier alpha value is -1.98. The lowest BCUT2D eigenvalue weighted by atomic mass is 9.74. The van der Waals surface area contributed by atoms with E-state index in [0.29, 0.717) is 24.5 Å². The molecule has 1 saturated heterocycles. The fourth-order valence-electron chi connectivity index (χ4n) is 3.04. The first-order valence-electron chi connectivity index (χ1n) is 7.89. The van der Waals surface area contributed by atoms with E-state index in [4.69, 9.17) is 0 Å². The summed E-state index contributed by atoms with van der Waals surface area (Å²) >= 11 is 0. The Bertz CT molecular complexity index is 703. The zero-order valence-electron chi connectivity index (χ0n) is 13.8. The van der Waals surface area contributed by atoms with Crippen LogP contribution in [0, 0.1) is 13.8 Å². The van der Waals surface area contributed by atoms with Gasteiger partial charge in [0, 0.05) is 18.4 Å². The molecule has 122 valence electrons. The van der Waals surface area contributed by atoms with Gasteiger partial charge in [0.05, 0.1) is 12.1 Å². The molecule has 1 aliphatic heterocycles. The second kappa shape index (κ2) is 5.58. The number of benzene rings is 1. The number of β-amino-alcohol motifs (C(OH)–C–C–N with tert-alkyl or cyclic N) is 1. The first-order chi connectivity index (χ1) is 10.8. The molecule has 1 aromatic heterocycles. The van der Waals surface area contributed by atoms with E-state index < -0.39 is 11.2 Å². The van der Waals surface area contributed by atoms with Crippen LogP contribution in [0.1, 0.15) is 30.2 Å². The van der Waals surface area contributed by atoms with Crippen LogP contribution in [-0.2, 0) is 5.60 Å². The predicted molar refractivity (Wildman–Crippen MR) is 89.3 cm³/mol. The summed E-state index contributed by atoms with van der Waals surface area (Å²) in [5, 5.41) is 22.1. The Kier molecular flexibility index (Phi) is 3.86. The Morgan fingerprint density at radius 3 is 2.48 bits per heavy atom. The van der Waals surface area contributed by atoms with Crippen molar-refractivity contribution in [1.29, 1.82) is 0 Å². The van der Waals surface area contributed by atoms with Crippen molar-refractivity contribution < 1.29 is 10.2 Å². The molecule has 0 bridgehead atoms. The summed E-state index contributed by atoms with van der Waals surface area (Å²) in [5.74, 6) is 0.595. The van der Waals surface area contributed by atoms with Crippen LogP contribution in [0.25, 0.3) is 0 Å². The average molecular weight is 313 g/mol. The van der Waals surface area contributed by atoms with E-state index >= 15 is 0 Å². The van der Waals surface area contributed by atoms with Crippen molar-refractivity contribution in [2.24, 2.45) is 0 Å². The third kappa shape index (κ3) is 2.71. The van der Waals surface area contributed by atoms with Crippen molar-refractivity contribution in [3.8, 4) is 0 Å². The van der Waals surface area contributed by atoms with Gasteiger partial charge in [0.25, 0.3) is 0 Å². The molecule has 5 nitrogen and oxygen atoms in total. The Labute approximate surface area is 136 Å². The monoisotopic (exact) mass is 313 g/mol. The second-order valence-electron chi connectivity index (χ2n) is 6.61. The molecule has 2 aromatic rings. The summed E-state index contributed by atoms with van der Waals surface area (Å²) in [6.45, 7) is 6.47. The summed E-state index contributed by atoms with van der Waals surface area (Å²) in [7, 11) is 0. The van der Waals surface area contributed by atoms with Crippen LogP contribution < -0.4 is 4.90 Å². The molecule has 0 aliphatic carbocycles. The van der Waals surface area contributed by atoms with Crippen LogP contribution >= 0.6 is 0 Å². The molecule has 2 heterocycles. The number of aryl methyl sites for hydroxylation is 2. The first kappa shape index (κ1) is 15.9. The highest BCUT2D eigenvalue weighted by Gasteiger charge is 2.51. The van der Waals surface area contributed by atoms with Gasteiger partial charge in [-0.2, -0.15) is 0 Å². The second-order valence-corrected chi connectivity index (χ2v) is 6.61. The molecule has 1 aromatic carbocycles. The van der Waals surface area contributed by atoms with E-state index in [0.717, 1.165) is 11.3 Å². The quantitative estimate of drug-likeness (QED) is 0.887. The minimum absolute atomic E-state index is 0.256. The van der Waals surface area contributed by atoms with Crippen molar-refractivity contribution >= 4 is 5.95 Å². The van der Waals surface area contributed by atoms with E-state index in [9.17, 15) is 10.2 Å². The minimum atomic E-state index is -1.37. The van der Waals surface area contributed by atoms with E-state index in [1.807, 2.05) is 49.1 Å². The largest absolute Gasteiger partial charge is 0.387 e. The van der Waals surface area contributed by atoms with Crippen molar-refractivity contribution in [1.82, 2.24) is 9.97 Å². The number of anilines is 1. The van der Waals surface area contributed by atoms with Crippen LogP contribution in [0.4, 0.5) is 5.95 Å². The maximum absolute atomic E-state index is 11.3. The molecule has 0 spiro atoms. The number of piperidine rings is 1. The molecular weight excluding hydrogens is 290 g/mol. The van der Waals surface area contributed by atoms with Crippen LogP contribution in [0.3, 0.4) is 0 Å². The summed E-state index contributed by atoms with van der Waals surface area (Å²) in [4.78, 5) is 10.9. The Balaban J connectivity index is 1.97. The molecule has 0 amide bonds. The summed E-state index contributed by atoms with van der Waals surface area (Å²) in [6.07, 6.45) is 2.24. The van der Waals surface area contributed by atoms with Crippen molar-refractivity contribution in [2.45, 2.75) is 38.4 Å². The van der Waals surface area contributed by atoms with Gasteiger partial charge < -0.3 is 15.1 Å². The predicted octanol–water partition coefficient (Wildman–Crippen LogP) is 1.94. The molecule has 3 rings (SSSR count). The molecule has 0 saturated carbocycles. The van der Waals surface area contributed by atoms with Gasteiger partial charge in [-0.05, 0) is 38.3 Å². The minimum Gasteiger partial charge on any atom is -0.387 e. The maximum atomic E-state index is 11.3. The van der Waals surface area contributed by atoms with Crippen LogP contribution in [0.5, 0.6) is 0 Å². The highest BCUT2D eigenvalue weighted by molar-refractivity contribution is 5.39. The van der Waals surface area contributed by atoms with Gasteiger partial charge in [0.15, 0.2) is 0 Å². The van der Waals surface area contributed by atoms with E-state index in [1.54, 1.807) is 13.1 Å². The summed E-state index contributed by atoms with van der Waals surface area (Å²) in [5.41, 5.74) is 0.101.